The number of nitrogens with one attached hydrogen (secondary N) is 1. The average Bonchev–Trinajstić information content (AvgIpc) is 2.91. The minimum absolute atomic E-state index is 0.00561. The highest BCUT2D eigenvalue weighted by Crippen LogP contribution is 2.16. The van der Waals surface area contributed by atoms with Crippen LogP contribution in [0.25, 0.3) is 0 Å². The summed E-state index contributed by atoms with van der Waals surface area (Å²) in [5.74, 6) is -2.42. The Morgan fingerprint density at radius 2 is 1.57 bits per heavy atom. The van der Waals surface area contributed by atoms with Crippen molar-refractivity contribution in [3.63, 3.8) is 0 Å². The number of benzene rings is 2. The van der Waals surface area contributed by atoms with Crippen molar-refractivity contribution in [3.8, 4) is 0 Å². The van der Waals surface area contributed by atoms with Crippen molar-refractivity contribution in [3.05, 3.63) is 65.7 Å². The van der Waals surface area contributed by atoms with Gasteiger partial charge in [0.2, 0.25) is 5.91 Å². The van der Waals surface area contributed by atoms with Crippen LogP contribution in [0.4, 0.5) is 14.5 Å². The summed E-state index contributed by atoms with van der Waals surface area (Å²) in [6.07, 6.45) is 0.206. The maximum Gasteiger partial charge on any atom is 0.254 e. The number of amides is 2. The number of rotatable bonds is 8. The summed E-state index contributed by atoms with van der Waals surface area (Å²) in [5.41, 5.74) is 1.29. The molecule has 2 fully saturated rings. The quantitative estimate of drug-likeness (QED) is 0.620. The predicted octanol–water partition coefficient (Wildman–Crippen LogP) is 2.05. The molecule has 2 aromatic carbocycles. The van der Waals surface area contributed by atoms with E-state index in [2.05, 4.69) is 27.2 Å². The molecule has 2 aromatic rings. The third-order valence-electron chi connectivity index (χ3n) is 6.70. The van der Waals surface area contributed by atoms with E-state index in [1.54, 1.807) is 9.80 Å². The molecule has 0 aliphatic carbocycles. The molecule has 0 unspecified atom stereocenters. The van der Waals surface area contributed by atoms with E-state index >= 15 is 0 Å². The third-order valence-corrected chi connectivity index (χ3v) is 6.70. The second-order valence-electron chi connectivity index (χ2n) is 8.97. The molecule has 188 valence electrons. The Morgan fingerprint density at radius 3 is 2.26 bits per heavy atom. The Balaban J connectivity index is 1.35. The topological polar surface area (TPSA) is 59.1 Å². The van der Waals surface area contributed by atoms with Crippen LogP contribution in [0.1, 0.15) is 16.8 Å². The van der Waals surface area contributed by atoms with E-state index in [0.717, 1.165) is 51.4 Å². The molecule has 4 rings (SSSR count). The highest BCUT2D eigenvalue weighted by molar-refractivity contribution is 5.94. The molecule has 9 heteroatoms. The van der Waals surface area contributed by atoms with Crippen molar-refractivity contribution in [1.29, 1.82) is 0 Å². The molecule has 0 bridgehead atoms. The Hall–Kier alpha value is -3.04. The Labute approximate surface area is 205 Å². The molecule has 2 aliphatic rings. The second-order valence-corrected chi connectivity index (χ2v) is 8.97. The zero-order valence-corrected chi connectivity index (χ0v) is 20.0. The molecule has 2 heterocycles. The fourth-order valence-corrected chi connectivity index (χ4v) is 4.56. The van der Waals surface area contributed by atoms with Crippen LogP contribution < -0.4 is 10.2 Å². The lowest BCUT2D eigenvalue weighted by Crippen LogP contribution is -2.50. The van der Waals surface area contributed by atoms with Crippen molar-refractivity contribution in [2.24, 2.45) is 0 Å². The van der Waals surface area contributed by atoms with Crippen molar-refractivity contribution >= 4 is 17.5 Å². The summed E-state index contributed by atoms with van der Waals surface area (Å²) in [4.78, 5) is 33.9. The molecule has 2 saturated heterocycles. The second kappa shape index (κ2) is 12.1. The van der Waals surface area contributed by atoms with Gasteiger partial charge in [0, 0.05) is 89.7 Å². The molecule has 2 aliphatic heterocycles. The van der Waals surface area contributed by atoms with Gasteiger partial charge in [0.25, 0.3) is 5.91 Å². The van der Waals surface area contributed by atoms with Gasteiger partial charge in [-0.3, -0.25) is 14.5 Å². The van der Waals surface area contributed by atoms with E-state index in [0.29, 0.717) is 26.2 Å². The number of halogens is 2. The molecular formula is C26H33F2N5O2. The van der Waals surface area contributed by atoms with Gasteiger partial charge in [0.05, 0.1) is 0 Å². The van der Waals surface area contributed by atoms with Crippen LogP contribution in [0.2, 0.25) is 0 Å². The molecule has 0 spiro atoms. The summed E-state index contributed by atoms with van der Waals surface area (Å²) >= 11 is 0. The Kier molecular flexibility index (Phi) is 8.65. The molecule has 7 nitrogen and oxygen atoms in total. The summed E-state index contributed by atoms with van der Waals surface area (Å²) in [5, 5.41) is 3.22. The zero-order chi connectivity index (χ0) is 24.6. The minimum atomic E-state index is -1.05. The third kappa shape index (κ3) is 6.76. The summed E-state index contributed by atoms with van der Waals surface area (Å²) in [6, 6.07) is 13.5. The number of para-hydroxylation sites is 1. The normalized spacial score (nSPS) is 16.9. The van der Waals surface area contributed by atoms with E-state index < -0.39 is 11.6 Å². The number of carbonyl (C=O) groups is 2. The Morgan fingerprint density at radius 1 is 0.857 bits per heavy atom. The number of carbonyl (C=O) groups excluding carboxylic acids is 2. The smallest absolute Gasteiger partial charge is 0.254 e. The van der Waals surface area contributed by atoms with Crippen LogP contribution >= 0.6 is 0 Å². The minimum Gasteiger partial charge on any atom is -0.369 e. The first kappa shape index (κ1) is 25.1. The van der Waals surface area contributed by atoms with Gasteiger partial charge in [-0.1, -0.05) is 18.2 Å². The molecule has 0 saturated carbocycles. The van der Waals surface area contributed by atoms with Crippen molar-refractivity contribution in [2.45, 2.75) is 6.42 Å². The van der Waals surface area contributed by atoms with E-state index in [9.17, 15) is 18.4 Å². The van der Waals surface area contributed by atoms with Gasteiger partial charge in [-0.25, -0.2) is 8.78 Å². The molecule has 1 N–H and O–H groups in total. The van der Waals surface area contributed by atoms with Crippen molar-refractivity contribution in [2.75, 3.05) is 76.9 Å². The lowest BCUT2D eigenvalue weighted by atomic mass is 10.1. The lowest BCUT2D eigenvalue weighted by molar-refractivity contribution is -0.131. The van der Waals surface area contributed by atoms with Crippen LogP contribution in [0.5, 0.6) is 0 Å². The predicted molar refractivity (Wildman–Crippen MR) is 131 cm³/mol. The first-order valence-electron chi connectivity index (χ1n) is 12.3. The van der Waals surface area contributed by atoms with Gasteiger partial charge in [0.1, 0.15) is 0 Å². The fraction of sp³-hybridized carbons (Fsp3) is 0.462. The van der Waals surface area contributed by atoms with Gasteiger partial charge in [0.15, 0.2) is 11.6 Å². The van der Waals surface area contributed by atoms with E-state index in [1.807, 2.05) is 18.2 Å². The summed E-state index contributed by atoms with van der Waals surface area (Å²) < 4.78 is 27.2. The number of hydrogen-bond donors (Lipinski definition) is 1. The van der Waals surface area contributed by atoms with E-state index in [1.165, 1.54) is 11.8 Å². The first-order valence-corrected chi connectivity index (χ1v) is 12.3. The molecule has 2 amide bonds. The number of hydrogen-bond acceptors (Lipinski definition) is 5. The van der Waals surface area contributed by atoms with E-state index in [-0.39, 0.29) is 30.3 Å². The Bertz CT molecular complexity index is 992. The van der Waals surface area contributed by atoms with Gasteiger partial charge in [-0.15, -0.1) is 0 Å². The number of piperazine rings is 2. The van der Waals surface area contributed by atoms with Gasteiger partial charge in [-0.05, 0) is 30.3 Å². The molecule has 0 radical (unpaired) electrons. The monoisotopic (exact) mass is 485 g/mol. The average molecular weight is 486 g/mol. The summed E-state index contributed by atoms with van der Waals surface area (Å²) in [6.45, 7) is 7.65. The van der Waals surface area contributed by atoms with Crippen LogP contribution in [0, 0.1) is 11.6 Å². The highest BCUT2D eigenvalue weighted by atomic mass is 19.2. The molecule has 35 heavy (non-hydrogen) atoms. The zero-order valence-electron chi connectivity index (χ0n) is 20.0. The van der Waals surface area contributed by atoms with Crippen LogP contribution in [-0.2, 0) is 4.79 Å². The van der Waals surface area contributed by atoms with Crippen LogP contribution in [0.3, 0.4) is 0 Å². The number of anilines is 1. The van der Waals surface area contributed by atoms with Crippen molar-refractivity contribution in [1.82, 2.24) is 20.0 Å². The van der Waals surface area contributed by atoms with E-state index in [4.69, 9.17) is 0 Å². The molecular weight excluding hydrogens is 452 g/mol. The first-order chi connectivity index (χ1) is 17.0. The maximum atomic E-state index is 13.8. The van der Waals surface area contributed by atoms with Gasteiger partial charge in [-0.2, -0.15) is 0 Å². The SMILES string of the molecule is O=C(CCN(CCN1CCN(c2ccccc2)CC1)C(=O)c1ccc(F)c(F)c1)N1CCNCC1. The largest absolute Gasteiger partial charge is 0.369 e. The maximum absolute atomic E-state index is 13.8. The van der Waals surface area contributed by atoms with Crippen LogP contribution in [0.15, 0.2) is 48.5 Å². The standard InChI is InChI=1S/C26H33F2N5O2/c27-23-7-6-21(20-24(23)28)26(35)33(11-8-25(34)32-12-9-29-10-13-32)19-16-30-14-17-31(18-15-30)22-4-2-1-3-5-22/h1-7,20,29H,8-19H2. The molecule has 0 aromatic heterocycles. The fourth-order valence-electron chi connectivity index (χ4n) is 4.56. The molecule has 0 atom stereocenters. The summed E-state index contributed by atoms with van der Waals surface area (Å²) in [7, 11) is 0. The van der Waals surface area contributed by atoms with Crippen LogP contribution in [-0.4, -0.2) is 98.5 Å². The highest BCUT2D eigenvalue weighted by Gasteiger charge is 2.23. The number of nitrogens with zero attached hydrogens (tertiary/aromatic N) is 4. The van der Waals surface area contributed by atoms with Gasteiger partial charge < -0.3 is 20.0 Å². The lowest BCUT2D eigenvalue weighted by Gasteiger charge is -2.37. The van der Waals surface area contributed by atoms with Gasteiger partial charge >= 0.3 is 0 Å². The van der Waals surface area contributed by atoms with Crippen molar-refractivity contribution < 1.29 is 18.4 Å².